The molecule has 1 heterocycles. The fourth-order valence-electron chi connectivity index (χ4n) is 1.97. The first-order chi connectivity index (χ1) is 8.20. The molecule has 92 valence electrons. The van der Waals surface area contributed by atoms with E-state index in [1.165, 1.54) is 12.1 Å². The summed E-state index contributed by atoms with van der Waals surface area (Å²) in [6.45, 7) is 1.21. The lowest BCUT2D eigenvalue weighted by Crippen LogP contribution is -2.43. The van der Waals surface area contributed by atoms with Gasteiger partial charge in [-0.3, -0.25) is 4.99 Å². The minimum absolute atomic E-state index is 0.0351. The van der Waals surface area contributed by atoms with Crippen molar-refractivity contribution in [3.8, 4) is 0 Å². The lowest BCUT2D eigenvalue weighted by atomic mass is 10.1. The number of halogens is 1. The minimum atomic E-state index is -0.232. The smallest absolute Gasteiger partial charge is 0.191 e. The normalized spacial score (nSPS) is 19.5. The van der Waals surface area contributed by atoms with Gasteiger partial charge in [0.1, 0.15) is 5.82 Å². The Morgan fingerprint density at radius 1 is 1.53 bits per heavy atom. The third-order valence-electron chi connectivity index (χ3n) is 2.94. The van der Waals surface area contributed by atoms with Gasteiger partial charge in [0, 0.05) is 6.54 Å². The van der Waals surface area contributed by atoms with E-state index in [2.05, 4.69) is 4.99 Å². The van der Waals surface area contributed by atoms with Crippen LogP contribution in [0, 0.1) is 5.82 Å². The standard InChI is InChI=1S/C12H16FN3O/c13-10-3-1-2-9(6-10)4-5-16-11(8-17)7-15-12(16)14/h1-3,6,11,17H,4-5,7-8H2,(H2,14,15)/t11-/m1/s1. The summed E-state index contributed by atoms with van der Waals surface area (Å²) in [5, 5.41) is 9.16. The topological polar surface area (TPSA) is 61.9 Å². The highest BCUT2D eigenvalue weighted by Gasteiger charge is 2.24. The van der Waals surface area contributed by atoms with Crippen LogP contribution in [-0.2, 0) is 6.42 Å². The Kier molecular flexibility index (Phi) is 3.58. The molecule has 5 heteroatoms. The van der Waals surface area contributed by atoms with E-state index in [0.29, 0.717) is 25.5 Å². The summed E-state index contributed by atoms with van der Waals surface area (Å²) in [6.07, 6.45) is 0.685. The first-order valence-corrected chi connectivity index (χ1v) is 5.62. The van der Waals surface area contributed by atoms with Crippen LogP contribution in [0.25, 0.3) is 0 Å². The maximum absolute atomic E-state index is 13.0. The quantitative estimate of drug-likeness (QED) is 0.794. The van der Waals surface area contributed by atoms with Crippen molar-refractivity contribution in [2.24, 2.45) is 10.7 Å². The van der Waals surface area contributed by atoms with E-state index >= 15 is 0 Å². The largest absolute Gasteiger partial charge is 0.394 e. The van der Waals surface area contributed by atoms with E-state index in [1.54, 1.807) is 6.07 Å². The molecule has 4 nitrogen and oxygen atoms in total. The highest BCUT2D eigenvalue weighted by atomic mass is 19.1. The third-order valence-corrected chi connectivity index (χ3v) is 2.94. The molecule has 1 atom stereocenters. The summed E-state index contributed by atoms with van der Waals surface area (Å²) in [7, 11) is 0. The van der Waals surface area contributed by atoms with E-state index in [4.69, 9.17) is 10.8 Å². The Hall–Kier alpha value is -1.62. The number of aliphatic hydroxyl groups is 1. The molecule has 3 N–H and O–H groups in total. The monoisotopic (exact) mass is 237 g/mol. The molecule has 0 amide bonds. The Morgan fingerprint density at radius 3 is 3.06 bits per heavy atom. The molecule has 0 spiro atoms. The lowest BCUT2D eigenvalue weighted by molar-refractivity contribution is 0.196. The molecule has 2 rings (SSSR count). The number of guanidine groups is 1. The number of rotatable bonds is 4. The minimum Gasteiger partial charge on any atom is -0.394 e. The predicted molar refractivity (Wildman–Crippen MR) is 64.2 cm³/mol. The van der Waals surface area contributed by atoms with Gasteiger partial charge in [0.05, 0.1) is 19.2 Å². The van der Waals surface area contributed by atoms with Crippen LogP contribution in [0.4, 0.5) is 4.39 Å². The van der Waals surface area contributed by atoms with Crippen LogP contribution in [0.1, 0.15) is 5.56 Å². The lowest BCUT2D eigenvalue weighted by Gasteiger charge is -2.24. The van der Waals surface area contributed by atoms with Crippen molar-refractivity contribution in [2.75, 3.05) is 19.7 Å². The van der Waals surface area contributed by atoms with E-state index in [-0.39, 0.29) is 18.5 Å². The molecule has 0 unspecified atom stereocenters. The van der Waals surface area contributed by atoms with Crippen LogP contribution in [0.2, 0.25) is 0 Å². The van der Waals surface area contributed by atoms with E-state index < -0.39 is 0 Å². The Labute approximate surface area is 99.6 Å². The summed E-state index contributed by atoms with van der Waals surface area (Å²) in [6, 6.07) is 6.46. The molecule has 17 heavy (non-hydrogen) atoms. The molecule has 0 radical (unpaired) electrons. The summed E-state index contributed by atoms with van der Waals surface area (Å²) >= 11 is 0. The zero-order valence-electron chi connectivity index (χ0n) is 9.51. The fraction of sp³-hybridized carbons (Fsp3) is 0.417. The SMILES string of the molecule is NC1=NC[C@H](CO)N1CCc1cccc(F)c1. The molecule has 0 aromatic heterocycles. The molecule has 1 aliphatic rings. The molecule has 0 fully saturated rings. The fourth-order valence-corrected chi connectivity index (χ4v) is 1.97. The highest BCUT2D eigenvalue weighted by Crippen LogP contribution is 2.10. The van der Waals surface area contributed by atoms with Crippen molar-refractivity contribution < 1.29 is 9.50 Å². The van der Waals surface area contributed by atoms with Gasteiger partial charge in [-0.25, -0.2) is 4.39 Å². The number of aliphatic hydroxyl groups excluding tert-OH is 1. The van der Waals surface area contributed by atoms with E-state index in [9.17, 15) is 4.39 Å². The first-order valence-electron chi connectivity index (χ1n) is 5.62. The van der Waals surface area contributed by atoms with Gasteiger partial charge in [0.15, 0.2) is 5.96 Å². The van der Waals surface area contributed by atoms with Crippen molar-refractivity contribution in [3.63, 3.8) is 0 Å². The third kappa shape index (κ3) is 2.74. The Morgan fingerprint density at radius 2 is 2.35 bits per heavy atom. The van der Waals surface area contributed by atoms with E-state index in [0.717, 1.165) is 5.56 Å². The number of nitrogens with zero attached hydrogens (tertiary/aromatic N) is 2. The van der Waals surface area contributed by atoms with Gasteiger partial charge < -0.3 is 15.7 Å². The van der Waals surface area contributed by atoms with Gasteiger partial charge >= 0.3 is 0 Å². The number of aliphatic imine (C=N–C) groups is 1. The van der Waals surface area contributed by atoms with Crippen molar-refractivity contribution in [3.05, 3.63) is 35.6 Å². The highest BCUT2D eigenvalue weighted by molar-refractivity contribution is 5.80. The zero-order chi connectivity index (χ0) is 12.3. The number of benzene rings is 1. The maximum Gasteiger partial charge on any atom is 0.191 e. The second kappa shape index (κ2) is 5.14. The second-order valence-corrected chi connectivity index (χ2v) is 4.11. The van der Waals surface area contributed by atoms with E-state index in [1.807, 2.05) is 11.0 Å². The van der Waals surface area contributed by atoms with Gasteiger partial charge in [0.2, 0.25) is 0 Å². The van der Waals surface area contributed by atoms with Gasteiger partial charge in [-0.1, -0.05) is 12.1 Å². The molecule has 0 saturated heterocycles. The van der Waals surface area contributed by atoms with Crippen molar-refractivity contribution in [1.82, 2.24) is 4.90 Å². The van der Waals surface area contributed by atoms with Gasteiger partial charge in [-0.2, -0.15) is 0 Å². The average Bonchev–Trinajstić information content (AvgIpc) is 2.67. The van der Waals surface area contributed by atoms with Crippen LogP contribution >= 0.6 is 0 Å². The van der Waals surface area contributed by atoms with Crippen LogP contribution in [0.3, 0.4) is 0 Å². The van der Waals surface area contributed by atoms with Crippen molar-refractivity contribution in [2.45, 2.75) is 12.5 Å². The molecule has 0 saturated carbocycles. The average molecular weight is 237 g/mol. The van der Waals surface area contributed by atoms with Crippen LogP contribution < -0.4 is 5.73 Å². The van der Waals surface area contributed by atoms with Crippen molar-refractivity contribution >= 4 is 5.96 Å². The molecule has 1 aromatic carbocycles. The summed E-state index contributed by atoms with van der Waals surface area (Å²) in [5.74, 6) is 0.227. The van der Waals surface area contributed by atoms with Crippen LogP contribution in [-0.4, -0.2) is 41.7 Å². The molecule has 1 aromatic rings. The summed E-state index contributed by atoms with van der Waals surface area (Å²) in [5.41, 5.74) is 6.65. The van der Waals surface area contributed by atoms with Gasteiger partial charge in [0.25, 0.3) is 0 Å². The zero-order valence-corrected chi connectivity index (χ0v) is 9.51. The Bertz CT molecular complexity index is 422. The number of hydrogen-bond acceptors (Lipinski definition) is 4. The summed E-state index contributed by atoms with van der Waals surface area (Å²) < 4.78 is 13.0. The molecule has 0 aliphatic carbocycles. The number of nitrogens with two attached hydrogens (primary N) is 1. The first kappa shape index (κ1) is 11.9. The van der Waals surface area contributed by atoms with Gasteiger partial charge in [-0.05, 0) is 24.1 Å². The van der Waals surface area contributed by atoms with Crippen LogP contribution in [0.5, 0.6) is 0 Å². The number of hydrogen-bond donors (Lipinski definition) is 2. The second-order valence-electron chi connectivity index (χ2n) is 4.11. The molecule has 1 aliphatic heterocycles. The van der Waals surface area contributed by atoms with Gasteiger partial charge in [-0.15, -0.1) is 0 Å². The molecular weight excluding hydrogens is 221 g/mol. The summed E-state index contributed by atoms with van der Waals surface area (Å²) in [4.78, 5) is 5.95. The molecule has 0 bridgehead atoms. The van der Waals surface area contributed by atoms with Crippen LogP contribution in [0.15, 0.2) is 29.3 Å². The van der Waals surface area contributed by atoms with Crippen molar-refractivity contribution in [1.29, 1.82) is 0 Å². The maximum atomic E-state index is 13.0. The Balaban J connectivity index is 1.95. The molecular formula is C12H16FN3O. The predicted octanol–water partition coefficient (Wildman–Crippen LogP) is 0.359.